The van der Waals surface area contributed by atoms with Gasteiger partial charge in [0.05, 0.1) is 7.82 Å². The fourth-order valence-corrected chi connectivity index (χ4v) is 2.10. The fourth-order valence-electron chi connectivity index (χ4n) is 1.53. The van der Waals surface area contributed by atoms with E-state index < -0.39 is 44.1 Å². The molecule has 12 heteroatoms. The molecule has 1 aliphatic rings. The van der Waals surface area contributed by atoms with E-state index in [1.165, 1.54) is 0 Å². The molecule has 0 saturated heterocycles. The van der Waals surface area contributed by atoms with E-state index in [-0.39, 0.29) is 37.7 Å². The maximum absolute atomic E-state index is 10.3. The normalized spacial score (nSPS) is 45.4. The zero-order valence-corrected chi connectivity index (χ0v) is 12.0. The molecule has 0 bridgehead atoms. The minimum absolute atomic E-state index is 0. The molecule has 0 amide bonds. The zero-order chi connectivity index (χ0) is 13.6. The zero-order valence-electron chi connectivity index (χ0n) is 8.86. The summed E-state index contributed by atoms with van der Waals surface area (Å²) in [4.78, 5) is 20.7. The number of phosphoric ester groups is 1. The quantitative estimate of drug-likeness (QED) is 0.162. The second-order valence-corrected chi connectivity index (χ2v) is 4.73. The average molecular weight is 314 g/mol. The van der Waals surface area contributed by atoms with Crippen LogP contribution >= 0.6 is 7.82 Å². The van der Waals surface area contributed by atoms with Gasteiger partial charge in [-0.2, -0.15) is 0 Å². The Morgan fingerprint density at radius 3 is 1.56 bits per heavy atom. The van der Waals surface area contributed by atoms with Gasteiger partial charge >= 0.3 is 37.7 Å². The minimum atomic E-state index is -5.82. The van der Waals surface area contributed by atoms with Crippen molar-refractivity contribution in [3.8, 4) is 0 Å². The van der Waals surface area contributed by atoms with Crippen LogP contribution in [-0.2, 0) is 9.09 Å². The van der Waals surface area contributed by atoms with Crippen molar-refractivity contribution in [2.24, 2.45) is 0 Å². The van der Waals surface area contributed by atoms with Crippen molar-refractivity contribution in [3.05, 3.63) is 0 Å². The number of hydrogen-bond donors (Lipinski definition) is 6. The molecule has 0 aromatic heterocycles. The maximum atomic E-state index is 10.3. The van der Waals surface area contributed by atoms with E-state index in [0.29, 0.717) is 0 Å². The van der Waals surface area contributed by atoms with Gasteiger partial charge in [-0.1, -0.05) is 0 Å². The molecule has 18 heavy (non-hydrogen) atoms. The van der Waals surface area contributed by atoms with Crippen LogP contribution in [0.1, 0.15) is 0 Å². The van der Waals surface area contributed by atoms with E-state index in [0.717, 1.165) is 0 Å². The van der Waals surface area contributed by atoms with Crippen molar-refractivity contribution in [2.45, 2.75) is 36.3 Å². The Morgan fingerprint density at radius 1 is 0.944 bits per heavy atom. The van der Waals surface area contributed by atoms with Gasteiger partial charge in [0.25, 0.3) is 0 Å². The van der Waals surface area contributed by atoms with Crippen molar-refractivity contribution < 1.29 is 49.5 Å². The largest absolute Gasteiger partial charge is 2.00 e. The first-order valence-electron chi connectivity index (χ1n) is 4.36. The standard InChI is InChI=1S/C6H13O10P.Ca/c7-1-2(8)4(10)6(12,5(11)3(1)9)16-17(13,14)15;/h1-5,7-12H,(H2,13,14,15);/q;+2/p-2/t1?,2-,3+,4-,5-,6?;/m1./s1. The van der Waals surface area contributed by atoms with Crippen molar-refractivity contribution in [1.29, 1.82) is 0 Å². The summed E-state index contributed by atoms with van der Waals surface area (Å²) >= 11 is 0. The van der Waals surface area contributed by atoms with Crippen LogP contribution in [0.3, 0.4) is 0 Å². The number of hydrogen-bond acceptors (Lipinski definition) is 10. The van der Waals surface area contributed by atoms with Gasteiger partial charge in [-0.05, 0) is 0 Å². The molecule has 102 valence electrons. The molecule has 10 nitrogen and oxygen atoms in total. The van der Waals surface area contributed by atoms with Crippen LogP contribution in [0.2, 0.25) is 0 Å². The van der Waals surface area contributed by atoms with Crippen LogP contribution in [-0.4, -0.2) is 105 Å². The number of aliphatic hydroxyl groups excluding tert-OH is 5. The summed E-state index contributed by atoms with van der Waals surface area (Å²) in [6.45, 7) is 0. The smallest absolute Gasteiger partial charge is 0.790 e. The average Bonchev–Trinajstić information content (AvgIpc) is 2.19. The van der Waals surface area contributed by atoms with Crippen molar-refractivity contribution >= 4 is 45.6 Å². The first-order chi connectivity index (χ1) is 7.50. The van der Waals surface area contributed by atoms with E-state index in [1.54, 1.807) is 0 Å². The molecule has 1 fully saturated rings. The molecule has 1 rings (SSSR count). The van der Waals surface area contributed by atoms with Gasteiger partial charge in [-0.15, -0.1) is 0 Å². The van der Waals surface area contributed by atoms with Crippen LogP contribution in [0.5, 0.6) is 0 Å². The third-order valence-electron chi connectivity index (χ3n) is 2.45. The molecule has 1 aliphatic carbocycles. The van der Waals surface area contributed by atoms with Crippen molar-refractivity contribution in [3.63, 3.8) is 0 Å². The van der Waals surface area contributed by atoms with Crippen LogP contribution in [0.25, 0.3) is 0 Å². The predicted octanol–water partition coefficient (Wildman–Crippen LogP) is -6.04. The summed E-state index contributed by atoms with van der Waals surface area (Å²) in [7, 11) is -5.82. The number of phosphoric acid groups is 1. The Kier molecular flexibility index (Phi) is 6.66. The van der Waals surface area contributed by atoms with Gasteiger partial charge in [-0.25, -0.2) is 0 Å². The Balaban J connectivity index is 0.00000289. The number of aliphatic hydroxyl groups is 6. The fraction of sp³-hybridized carbons (Fsp3) is 1.00. The third kappa shape index (κ3) is 3.61. The third-order valence-corrected chi connectivity index (χ3v) is 2.97. The maximum Gasteiger partial charge on any atom is 2.00 e. The first-order valence-corrected chi connectivity index (χ1v) is 5.82. The van der Waals surface area contributed by atoms with E-state index in [2.05, 4.69) is 4.52 Å². The van der Waals surface area contributed by atoms with Gasteiger partial charge in [0.2, 0.25) is 5.79 Å². The molecule has 0 radical (unpaired) electrons. The monoisotopic (exact) mass is 314 g/mol. The summed E-state index contributed by atoms with van der Waals surface area (Å²) in [5, 5.41) is 55.4. The summed E-state index contributed by atoms with van der Waals surface area (Å²) in [6.07, 6.45) is -11.5. The molecular formula is C6H11CaO10P. The van der Waals surface area contributed by atoms with E-state index >= 15 is 0 Å². The molecule has 2 unspecified atom stereocenters. The predicted molar refractivity (Wildman–Crippen MR) is 49.4 cm³/mol. The van der Waals surface area contributed by atoms with Gasteiger partial charge in [0.15, 0.2) is 0 Å². The van der Waals surface area contributed by atoms with Gasteiger partial charge in [0.1, 0.15) is 30.5 Å². The van der Waals surface area contributed by atoms with Gasteiger partial charge < -0.3 is 49.5 Å². The minimum Gasteiger partial charge on any atom is -0.790 e. The van der Waals surface area contributed by atoms with E-state index in [1.807, 2.05) is 0 Å². The molecule has 0 aromatic rings. The number of rotatable bonds is 2. The molecule has 0 spiro atoms. The van der Waals surface area contributed by atoms with Crippen molar-refractivity contribution in [2.75, 3.05) is 0 Å². The molecule has 1 saturated carbocycles. The Labute approximate surface area is 131 Å². The van der Waals surface area contributed by atoms with Gasteiger partial charge in [-0.3, -0.25) is 0 Å². The molecule has 6 N–H and O–H groups in total. The van der Waals surface area contributed by atoms with E-state index in [4.69, 9.17) is 15.3 Å². The van der Waals surface area contributed by atoms with Crippen molar-refractivity contribution in [1.82, 2.24) is 0 Å². The van der Waals surface area contributed by atoms with E-state index in [9.17, 15) is 29.7 Å². The first kappa shape index (κ1) is 19.1. The van der Waals surface area contributed by atoms with Crippen LogP contribution in [0.15, 0.2) is 0 Å². The molecule has 6 atom stereocenters. The Hall–Kier alpha value is 1.13. The SMILES string of the molecule is O=P([O-])([O-])OC1(O)[C@H](O)[C@H](O)C(O)[C@H](O)[C@H]1O.[Ca+2]. The molecule has 0 aromatic carbocycles. The van der Waals surface area contributed by atoms with Crippen LogP contribution in [0, 0.1) is 0 Å². The Morgan fingerprint density at radius 2 is 1.28 bits per heavy atom. The molecular weight excluding hydrogens is 303 g/mol. The second kappa shape index (κ2) is 6.27. The van der Waals surface area contributed by atoms with Crippen LogP contribution < -0.4 is 9.79 Å². The molecule has 0 aliphatic heterocycles. The summed E-state index contributed by atoms with van der Waals surface area (Å²) in [5.41, 5.74) is 0. The topological polar surface area (TPSA) is 194 Å². The second-order valence-electron chi connectivity index (χ2n) is 3.65. The van der Waals surface area contributed by atoms with Gasteiger partial charge in [0, 0.05) is 0 Å². The summed E-state index contributed by atoms with van der Waals surface area (Å²) in [5.74, 6) is -3.43. The van der Waals surface area contributed by atoms with Crippen LogP contribution in [0.4, 0.5) is 0 Å². The molecule has 0 heterocycles. The summed E-state index contributed by atoms with van der Waals surface area (Å²) in [6, 6.07) is 0. The summed E-state index contributed by atoms with van der Waals surface area (Å²) < 4.78 is 13.9. The Bertz CT molecular complexity index is 316.